The SMILES string of the molecule is CCN1CCN(C(=O)c2ccc(CSc3nnc(-c4ccccc4[N+](=O)[O-])n3CC)cc2)CC1. The van der Waals surface area contributed by atoms with E-state index in [4.69, 9.17) is 0 Å². The topological polar surface area (TPSA) is 97.4 Å². The molecule has 9 nitrogen and oxygen atoms in total. The maximum Gasteiger partial charge on any atom is 0.280 e. The predicted octanol–water partition coefficient (Wildman–Crippen LogP) is 3.94. The number of rotatable bonds is 8. The van der Waals surface area contributed by atoms with Gasteiger partial charge in [-0.1, -0.05) is 43.0 Å². The third kappa shape index (κ3) is 5.13. The van der Waals surface area contributed by atoms with Crippen LogP contribution in [0.15, 0.2) is 53.7 Å². The van der Waals surface area contributed by atoms with Gasteiger partial charge in [0.25, 0.3) is 11.6 Å². The smallest absolute Gasteiger partial charge is 0.280 e. The largest absolute Gasteiger partial charge is 0.336 e. The minimum Gasteiger partial charge on any atom is -0.336 e. The van der Waals surface area contributed by atoms with Gasteiger partial charge >= 0.3 is 0 Å². The van der Waals surface area contributed by atoms with E-state index >= 15 is 0 Å². The molecule has 0 spiro atoms. The van der Waals surface area contributed by atoms with Crippen molar-refractivity contribution in [3.8, 4) is 11.4 Å². The van der Waals surface area contributed by atoms with Gasteiger partial charge in [-0.15, -0.1) is 10.2 Å². The van der Waals surface area contributed by atoms with Gasteiger partial charge in [-0.2, -0.15) is 0 Å². The summed E-state index contributed by atoms with van der Waals surface area (Å²) in [7, 11) is 0. The molecule has 1 aromatic heterocycles. The van der Waals surface area contributed by atoms with Gasteiger partial charge in [-0.25, -0.2) is 0 Å². The number of hydrogen-bond acceptors (Lipinski definition) is 7. The van der Waals surface area contributed by atoms with E-state index < -0.39 is 4.92 Å². The Balaban J connectivity index is 1.43. The van der Waals surface area contributed by atoms with Gasteiger partial charge in [0.05, 0.1) is 10.5 Å². The normalized spacial score (nSPS) is 14.4. The predicted molar refractivity (Wildman–Crippen MR) is 132 cm³/mol. The van der Waals surface area contributed by atoms with Gasteiger partial charge in [0.2, 0.25) is 0 Å². The molecule has 1 fully saturated rings. The molecule has 178 valence electrons. The molecule has 0 atom stereocenters. The Morgan fingerprint density at radius 3 is 2.35 bits per heavy atom. The molecular formula is C24H28N6O3S. The summed E-state index contributed by atoms with van der Waals surface area (Å²) < 4.78 is 1.89. The fraction of sp³-hybridized carbons (Fsp3) is 0.375. The van der Waals surface area contributed by atoms with Crippen molar-refractivity contribution in [2.75, 3.05) is 32.7 Å². The molecule has 2 aromatic carbocycles. The number of thioether (sulfide) groups is 1. The molecule has 2 heterocycles. The second kappa shape index (κ2) is 10.8. The molecule has 1 amide bonds. The Bertz CT molecular complexity index is 1160. The molecule has 3 aromatic rings. The summed E-state index contributed by atoms with van der Waals surface area (Å²) >= 11 is 1.52. The molecule has 0 aliphatic carbocycles. The van der Waals surface area contributed by atoms with Crippen LogP contribution in [0.5, 0.6) is 0 Å². The lowest BCUT2D eigenvalue weighted by Crippen LogP contribution is -2.48. The number of likely N-dealkylation sites (N-methyl/N-ethyl adjacent to an activating group) is 1. The minimum absolute atomic E-state index is 0.0116. The highest BCUT2D eigenvalue weighted by Gasteiger charge is 2.22. The summed E-state index contributed by atoms with van der Waals surface area (Å²) in [6, 6.07) is 14.3. The molecule has 0 bridgehead atoms. The zero-order valence-electron chi connectivity index (χ0n) is 19.4. The lowest BCUT2D eigenvalue weighted by atomic mass is 10.1. The van der Waals surface area contributed by atoms with Crippen LogP contribution in [-0.2, 0) is 12.3 Å². The number of piperazine rings is 1. The van der Waals surface area contributed by atoms with Crippen LogP contribution in [0, 0.1) is 10.1 Å². The summed E-state index contributed by atoms with van der Waals surface area (Å²) in [5.74, 6) is 1.22. The molecule has 34 heavy (non-hydrogen) atoms. The second-order valence-electron chi connectivity index (χ2n) is 8.04. The number of benzene rings is 2. The number of aromatic nitrogens is 3. The Morgan fingerprint density at radius 1 is 1.00 bits per heavy atom. The molecule has 1 aliphatic heterocycles. The number of para-hydroxylation sites is 1. The highest BCUT2D eigenvalue weighted by atomic mass is 32.2. The lowest BCUT2D eigenvalue weighted by molar-refractivity contribution is -0.384. The molecular weight excluding hydrogens is 452 g/mol. The highest BCUT2D eigenvalue weighted by Crippen LogP contribution is 2.31. The van der Waals surface area contributed by atoms with Crippen molar-refractivity contribution in [2.24, 2.45) is 0 Å². The van der Waals surface area contributed by atoms with E-state index in [1.165, 1.54) is 17.8 Å². The molecule has 10 heteroatoms. The number of carbonyl (C=O) groups is 1. The summed E-state index contributed by atoms with van der Waals surface area (Å²) in [4.78, 5) is 28.1. The first-order valence-corrected chi connectivity index (χ1v) is 12.4. The molecule has 0 unspecified atom stereocenters. The fourth-order valence-corrected chi connectivity index (χ4v) is 5.00. The first-order valence-electron chi connectivity index (χ1n) is 11.4. The molecule has 1 aliphatic rings. The zero-order valence-corrected chi connectivity index (χ0v) is 20.2. The van der Waals surface area contributed by atoms with E-state index in [0.29, 0.717) is 34.4 Å². The maximum atomic E-state index is 12.8. The average molecular weight is 481 g/mol. The zero-order chi connectivity index (χ0) is 24.1. The number of carbonyl (C=O) groups excluding carboxylic acids is 1. The summed E-state index contributed by atoms with van der Waals surface area (Å²) in [5.41, 5.74) is 2.23. The maximum absolute atomic E-state index is 12.8. The van der Waals surface area contributed by atoms with Crippen molar-refractivity contribution < 1.29 is 9.72 Å². The van der Waals surface area contributed by atoms with E-state index in [9.17, 15) is 14.9 Å². The molecule has 0 N–H and O–H groups in total. The van der Waals surface area contributed by atoms with Crippen LogP contribution < -0.4 is 0 Å². The Morgan fingerprint density at radius 2 is 1.71 bits per heavy atom. The average Bonchev–Trinajstić information content (AvgIpc) is 3.30. The first kappa shape index (κ1) is 23.9. The van der Waals surface area contributed by atoms with E-state index in [-0.39, 0.29) is 11.6 Å². The van der Waals surface area contributed by atoms with Gasteiger partial charge in [0.15, 0.2) is 11.0 Å². The first-order chi connectivity index (χ1) is 16.5. The number of hydrogen-bond donors (Lipinski definition) is 0. The van der Waals surface area contributed by atoms with Crippen LogP contribution >= 0.6 is 11.8 Å². The quantitative estimate of drug-likeness (QED) is 0.274. The number of nitro groups is 1. The third-order valence-corrected chi connectivity index (χ3v) is 7.09. The number of nitrogens with zero attached hydrogens (tertiary/aromatic N) is 6. The molecule has 0 saturated carbocycles. The fourth-order valence-electron chi connectivity index (χ4n) is 4.04. The van der Waals surface area contributed by atoms with Gasteiger partial charge in [0.1, 0.15) is 0 Å². The van der Waals surface area contributed by atoms with Crippen molar-refractivity contribution in [3.05, 3.63) is 69.8 Å². The Hall–Kier alpha value is -3.24. The summed E-state index contributed by atoms with van der Waals surface area (Å²) in [5, 5.41) is 20.7. The van der Waals surface area contributed by atoms with Gasteiger partial charge < -0.3 is 14.4 Å². The second-order valence-corrected chi connectivity index (χ2v) is 8.98. The van der Waals surface area contributed by atoms with E-state index in [1.54, 1.807) is 18.2 Å². The van der Waals surface area contributed by atoms with Crippen molar-refractivity contribution in [2.45, 2.75) is 31.3 Å². The van der Waals surface area contributed by atoms with Crippen LogP contribution in [0.1, 0.15) is 29.8 Å². The van der Waals surface area contributed by atoms with Crippen LogP contribution in [0.2, 0.25) is 0 Å². The van der Waals surface area contributed by atoms with Crippen LogP contribution in [0.3, 0.4) is 0 Å². The van der Waals surface area contributed by atoms with Crippen molar-refractivity contribution >= 4 is 23.4 Å². The van der Waals surface area contributed by atoms with E-state index in [1.807, 2.05) is 40.7 Å². The number of amides is 1. The highest BCUT2D eigenvalue weighted by molar-refractivity contribution is 7.98. The van der Waals surface area contributed by atoms with Gasteiger partial charge in [-0.05, 0) is 37.2 Å². The Kier molecular flexibility index (Phi) is 7.59. The standard InChI is InChI=1S/C24H28N6O3S/c1-3-27-13-15-28(16-14-27)23(31)19-11-9-18(10-12-19)17-34-24-26-25-22(29(24)4-2)20-7-5-6-8-21(20)30(32)33/h5-12H,3-4,13-17H2,1-2H3. The van der Waals surface area contributed by atoms with Crippen LogP contribution in [-0.4, -0.2) is 68.1 Å². The van der Waals surface area contributed by atoms with Crippen molar-refractivity contribution in [3.63, 3.8) is 0 Å². The third-order valence-electron chi connectivity index (χ3n) is 6.05. The lowest BCUT2D eigenvalue weighted by Gasteiger charge is -2.34. The molecule has 1 saturated heterocycles. The van der Waals surface area contributed by atoms with Crippen molar-refractivity contribution in [1.29, 1.82) is 0 Å². The minimum atomic E-state index is -0.399. The monoisotopic (exact) mass is 480 g/mol. The molecule has 4 rings (SSSR count). The van der Waals surface area contributed by atoms with Gasteiger partial charge in [0, 0.05) is 50.1 Å². The van der Waals surface area contributed by atoms with Gasteiger partial charge in [-0.3, -0.25) is 14.9 Å². The summed E-state index contributed by atoms with van der Waals surface area (Å²) in [6.45, 7) is 9.08. The number of nitro benzene ring substituents is 1. The Labute approximate surface area is 202 Å². The molecule has 0 radical (unpaired) electrons. The summed E-state index contributed by atoms with van der Waals surface area (Å²) in [6.07, 6.45) is 0. The van der Waals surface area contributed by atoms with Crippen molar-refractivity contribution in [1.82, 2.24) is 24.6 Å². The van der Waals surface area contributed by atoms with E-state index in [2.05, 4.69) is 22.0 Å². The van der Waals surface area contributed by atoms with Crippen LogP contribution in [0.25, 0.3) is 11.4 Å². The van der Waals surface area contributed by atoms with E-state index in [0.717, 1.165) is 38.3 Å². The van der Waals surface area contributed by atoms with Crippen LogP contribution in [0.4, 0.5) is 5.69 Å².